The van der Waals surface area contributed by atoms with Crippen LogP contribution in [-0.4, -0.2) is 11.8 Å². The maximum absolute atomic E-state index is 5.93. The molecule has 3 N–H and O–H groups in total. The molecule has 1 aliphatic heterocycles. The van der Waals surface area contributed by atoms with E-state index in [1.54, 1.807) is 0 Å². The van der Waals surface area contributed by atoms with Crippen LogP contribution in [0.4, 0.5) is 0 Å². The zero-order valence-corrected chi connectivity index (χ0v) is 12.3. The van der Waals surface area contributed by atoms with E-state index in [1.165, 1.54) is 54.7 Å². The molecule has 1 aromatic rings. The average Bonchev–Trinajstić information content (AvgIpc) is 2.69. The van der Waals surface area contributed by atoms with Crippen molar-refractivity contribution in [1.82, 2.24) is 5.43 Å². The molecule has 2 unspecified atom stereocenters. The number of nitrogens with one attached hydrogen (secondary N) is 1. The molecule has 1 saturated carbocycles. The highest BCUT2D eigenvalue weighted by molar-refractivity contribution is 7.99. The SMILES string of the molecule is NNC(C1CCCCCC1)C1CSc2ccccc21. The van der Waals surface area contributed by atoms with Gasteiger partial charge in [0, 0.05) is 22.6 Å². The van der Waals surface area contributed by atoms with E-state index in [4.69, 9.17) is 5.84 Å². The monoisotopic (exact) mass is 276 g/mol. The Kier molecular flexibility index (Phi) is 4.46. The molecule has 2 atom stereocenters. The van der Waals surface area contributed by atoms with E-state index in [9.17, 15) is 0 Å². The number of hydrazine groups is 1. The molecule has 104 valence electrons. The van der Waals surface area contributed by atoms with E-state index in [0.29, 0.717) is 12.0 Å². The lowest BCUT2D eigenvalue weighted by atomic mass is 9.81. The highest BCUT2D eigenvalue weighted by Crippen LogP contribution is 2.44. The number of hydrogen-bond donors (Lipinski definition) is 2. The van der Waals surface area contributed by atoms with Crippen molar-refractivity contribution >= 4 is 11.8 Å². The molecule has 0 spiro atoms. The van der Waals surface area contributed by atoms with Gasteiger partial charge >= 0.3 is 0 Å². The number of thioether (sulfide) groups is 1. The van der Waals surface area contributed by atoms with Gasteiger partial charge in [-0.1, -0.05) is 43.9 Å². The molecular formula is C16H24N2S. The van der Waals surface area contributed by atoms with E-state index < -0.39 is 0 Å². The zero-order chi connectivity index (χ0) is 13.1. The third kappa shape index (κ3) is 2.83. The number of rotatable bonds is 3. The van der Waals surface area contributed by atoms with Crippen LogP contribution < -0.4 is 11.3 Å². The minimum Gasteiger partial charge on any atom is -0.271 e. The predicted octanol–water partition coefficient (Wildman–Crippen LogP) is 3.68. The van der Waals surface area contributed by atoms with Crippen LogP contribution >= 0.6 is 11.8 Å². The molecule has 2 nitrogen and oxygen atoms in total. The molecule has 3 heteroatoms. The summed E-state index contributed by atoms with van der Waals surface area (Å²) >= 11 is 1.99. The molecule has 3 rings (SSSR count). The summed E-state index contributed by atoms with van der Waals surface area (Å²) < 4.78 is 0. The molecule has 1 aromatic carbocycles. The van der Waals surface area contributed by atoms with Crippen molar-refractivity contribution in [2.75, 3.05) is 5.75 Å². The summed E-state index contributed by atoms with van der Waals surface area (Å²) in [5, 5.41) is 0. The molecule has 0 aromatic heterocycles. The minimum atomic E-state index is 0.453. The van der Waals surface area contributed by atoms with Crippen molar-refractivity contribution in [3.63, 3.8) is 0 Å². The highest BCUT2D eigenvalue weighted by Gasteiger charge is 2.34. The van der Waals surface area contributed by atoms with Crippen LogP contribution in [0.3, 0.4) is 0 Å². The largest absolute Gasteiger partial charge is 0.271 e. The van der Waals surface area contributed by atoms with E-state index in [1.807, 2.05) is 11.8 Å². The van der Waals surface area contributed by atoms with E-state index in [2.05, 4.69) is 29.7 Å². The normalized spacial score (nSPS) is 25.8. The van der Waals surface area contributed by atoms with Gasteiger partial charge in [0.1, 0.15) is 0 Å². The summed E-state index contributed by atoms with van der Waals surface area (Å²) in [4.78, 5) is 1.46. The minimum absolute atomic E-state index is 0.453. The molecule has 0 radical (unpaired) electrons. The van der Waals surface area contributed by atoms with Crippen LogP contribution in [0.2, 0.25) is 0 Å². The fraction of sp³-hybridized carbons (Fsp3) is 0.625. The van der Waals surface area contributed by atoms with Gasteiger partial charge in [-0.05, 0) is 30.4 Å². The van der Waals surface area contributed by atoms with Crippen molar-refractivity contribution in [2.45, 2.75) is 55.4 Å². The van der Waals surface area contributed by atoms with Gasteiger partial charge in [0.2, 0.25) is 0 Å². The van der Waals surface area contributed by atoms with Gasteiger partial charge in [-0.2, -0.15) is 0 Å². The molecule has 19 heavy (non-hydrogen) atoms. The quantitative estimate of drug-likeness (QED) is 0.502. The van der Waals surface area contributed by atoms with Crippen molar-refractivity contribution < 1.29 is 0 Å². The van der Waals surface area contributed by atoms with Gasteiger partial charge in [-0.15, -0.1) is 11.8 Å². The third-order valence-electron chi connectivity index (χ3n) is 4.77. The fourth-order valence-electron chi connectivity index (χ4n) is 3.74. The Labute approximate surface area is 120 Å². The van der Waals surface area contributed by atoms with Gasteiger partial charge < -0.3 is 0 Å². The first kappa shape index (κ1) is 13.5. The average molecular weight is 276 g/mol. The number of benzene rings is 1. The Bertz CT molecular complexity index is 413. The lowest BCUT2D eigenvalue weighted by Gasteiger charge is -2.31. The topological polar surface area (TPSA) is 38.0 Å². The van der Waals surface area contributed by atoms with E-state index in [-0.39, 0.29) is 0 Å². The van der Waals surface area contributed by atoms with Crippen LogP contribution in [0, 0.1) is 5.92 Å². The number of hydrogen-bond acceptors (Lipinski definition) is 3. The van der Waals surface area contributed by atoms with Crippen LogP contribution in [-0.2, 0) is 0 Å². The lowest BCUT2D eigenvalue weighted by Crippen LogP contribution is -2.45. The molecule has 0 saturated heterocycles. The van der Waals surface area contributed by atoms with Crippen molar-refractivity contribution in [1.29, 1.82) is 0 Å². The second kappa shape index (κ2) is 6.29. The molecule has 0 amide bonds. The van der Waals surface area contributed by atoms with Gasteiger partial charge in [0.25, 0.3) is 0 Å². The van der Waals surface area contributed by atoms with E-state index >= 15 is 0 Å². The van der Waals surface area contributed by atoms with Crippen LogP contribution in [0.15, 0.2) is 29.2 Å². The Balaban J connectivity index is 1.79. The van der Waals surface area contributed by atoms with Gasteiger partial charge in [0.05, 0.1) is 0 Å². The number of fused-ring (bicyclic) bond motifs is 1. The van der Waals surface area contributed by atoms with E-state index in [0.717, 1.165) is 5.92 Å². The van der Waals surface area contributed by atoms with Crippen molar-refractivity contribution in [3.05, 3.63) is 29.8 Å². The number of nitrogens with two attached hydrogens (primary N) is 1. The van der Waals surface area contributed by atoms with Gasteiger partial charge in [0.15, 0.2) is 0 Å². The fourth-order valence-corrected chi connectivity index (χ4v) is 5.04. The van der Waals surface area contributed by atoms with Gasteiger partial charge in [-0.3, -0.25) is 11.3 Å². The molecular weight excluding hydrogens is 252 g/mol. The van der Waals surface area contributed by atoms with Gasteiger partial charge in [-0.25, -0.2) is 0 Å². The standard InChI is InChI=1S/C16H24N2S/c17-18-16(12-7-3-1-2-4-8-12)14-11-19-15-10-6-5-9-13(14)15/h5-6,9-10,12,14,16,18H,1-4,7-8,11,17H2. The zero-order valence-electron chi connectivity index (χ0n) is 11.5. The van der Waals surface area contributed by atoms with Crippen LogP contribution in [0.1, 0.15) is 50.0 Å². The Morgan fingerprint density at radius 1 is 1.11 bits per heavy atom. The highest BCUT2D eigenvalue weighted by atomic mass is 32.2. The summed E-state index contributed by atoms with van der Waals surface area (Å²) in [6.45, 7) is 0. The summed E-state index contributed by atoms with van der Waals surface area (Å²) in [5.41, 5.74) is 4.68. The first-order valence-corrected chi connectivity index (χ1v) is 8.56. The molecule has 2 aliphatic rings. The lowest BCUT2D eigenvalue weighted by molar-refractivity contribution is 0.292. The summed E-state index contributed by atoms with van der Waals surface area (Å²) in [5.74, 6) is 8.46. The second-order valence-electron chi connectivity index (χ2n) is 5.90. The molecule has 1 aliphatic carbocycles. The van der Waals surface area contributed by atoms with Crippen molar-refractivity contribution in [2.24, 2.45) is 11.8 Å². The Morgan fingerprint density at radius 3 is 2.58 bits per heavy atom. The molecule has 1 heterocycles. The second-order valence-corrected chi connectivity index (χ2v) is 6.96. The summed E-state index contributed by atoms with van der Waals surface area (Å²) in [6, 6.07) is 9.31. The van der Waals surface area contributed by atoms with Crippen LogP contribution in [0.25, 0.3) is 0 Å². The van der Waals surface area contributed by atoms with Crippen LogP contribution in [0.5, 0.6) is 0 Å². The molecule has 0 bridgehead atoms. The third-order valence-corrected chi connectivity index (χ3v) is 5.98. The smallest absolute Gasteiger partial charge is 0.0315 e. The maximum atomic E-state index is 5.93. The maximum Gasteiger partial charge on any atom is 0.0315 e. The Hall–Kier alpha value is -0.510. The van der Waals surface area contributed by atoms with Crippen molar-refractivity contribution in [3.8, 4) is 0 Å². The Morgan fingerprint density at radius 2 is 1.84 bits per heavy atom. The predicted molar refractivity (Wildman–Crippen MR) is 82.2 cm³/mol. The first-order chi connectivity index (χ1) is 9.40. The summed E-state index contributed by atoms with van der Waals surface area (Å²) in [7, 11) is 0. The molecule has 1 fully saturated rings. The first-order valence-electron chi connectivity index (χ1n) is 7.58. The summed E-state index contributed by atoms with van der Waals surface area (Å²) in [6.07, 6.45) is 8.26.